The molecule has 3 nitrogen and oxygen atoms in total. The summed E-state index contributed by atoms with van der Waals surface area (Å²) < 4.78 is 5.16. The van der Waals surface area contributed by atoms with Gasteiger partial charge in [-0.15, -0.1) is 11.3 Å². The zero-order valence-corrected chi connectivity index (χ0v) is 7.39. The van der Waals surface area contributed by atoms with Crippen LogP contribution in [0.15, 0.2) is 17.6 Å². The molecule has 0 amide bonds. The van der Waals surface area contributed by atoms with Gasteiger partial charge in [0.15, 0.2) is 5.75 Å². The molecule has 2 aromatic rings. The van der Waals surface area contributed by atoms with Crippen molar-refractivity contribution in [2.75, 3.05) is 12.8 Å². The van der Waals surface area contributed by atoms with E-state index in [0.29, 0.717) is 5.69 Å². The topological polar surface area (TPSA) is 48.1 Å². The van der Waals surface area contributed by atoms with Crippen LogP contribution in [0.25, 0.3) is 10.2 Å². The summed E-state index contributed by atoms with van der Waals surface area (Å²) in [5.41, 5.74) is 6.26. The zero-order chi connectivity index (χ0) is 8.55. The number of anilines is 1. The summed E-state index contributed by atoms with van der Waals surface area (Å²) in [6.07, 6.45) is 1.62. The van der Waals surface area contributed by atoms with Gasteiger partial charge in [-0.1, -0.05) is 0 Å². The molecule has 62 valence electrons. The Bertz CT molecular complexity index is 410. The molecule has 0 unspecified atom stereocenters. The number of fused-ring (bicyclic) bond motifs is 1. The standard InChI is InChI=1S/C8H8N2OS/c1-11-7-5-2-3-12-8(5)10-4-6(7)9/h2-4H,9H2,1H3. The predicted molar refractivity (Wildman–Crippen MR) is 50.6 cm³/mol. The fraction of sp³-hybridized carbons (Fsp3) is 0.125. The van der Waals surface area contributed by atoms with E-state index in [9.17, 15) is 0 Å². The first kappa shape index (κ1) is 7.36. The summed E-state index contributed by atoms with van der Waals surface area (Å²) in [6.45, 7) is 0. The number of pyridine rings is 1. The highest BCUT2D eigenvalue weighted by Gasteiger charge is 2.06. The van der Waals surface area contributed by atoms with E-state index in [-0.39, 0.29) is 0 Å². The molecule has 0 spiro atoms. The molecule has 0 atom stereocenters. The molecule has 2 heterocycles. The predicted octanol–water partition coefficient (Wildman–Crippen LogP) is 1.89. The summed E-state index contributed by atoms with van der Waals surface area (Å²) in [5.74, 6) is 0.723. The third kappa shape index (κ3) is 0.921. The van der Waals surface area contributed by atoms with Crippen molar-refractivity contribution in [3.05, 3.63) is 17.6 Å². The van der Waals surface area contributed by atoms with Crippen molar-refractivity contribution in [1.29, 1.82) is 0 Å². The summed E-state index contributed by atoms with van der Waals surface area (Å²) in [6, 6.07) is 1.96. The van der Waals surface area contributed by atoms with Crippen LogP contribution in [0.4, 0.5) is 5.69 Å². The molecule has 0 aliphatic carbocycles. The Morgan fingerprint density at radius 3 is 3.17 bits per heavy atom. The highest BCUT2D eigenvalue weighted by atomic mass is 32.1. The number of nitrogens with zero attached hydrogens (tertiary/aromatic N) is 1. The van der Waals surface area contributed by atoms with Crippen LogP contribution in [0.5, 0.6) is 5.75 Å². The van der Waals surface area contributed by atoms with Crippen LogP contribution in [0.1, 0.15) is 0 Å². The molecule has 2 N–H and O–H groups in total. The summed E-state index contributed by atoms with van der Waals surface area (Å²) in [5, 5.41) is 2.96. The number of ether oxygens (including phenoxy) is 1. The molecule has 0 saturated carbocycles. The Balaban J connectivity index is 2.83. The third-order valence-electron chi connectivity index (χ3n) is 1.68. The molecule has 2 aromatic heterocycles. The van der Waals surface area contributed by atoms with Crippen LogP contribution in [0.3, 0.4) is 0 Å². The smallest absolute Gasteiger partial charge is 0.153 e. The van der Waals surface area contributed by atoms with Crippen molar-refractivity contribution in [2.24, 2.45) is 0 Å². The average molecular weight is 180 g/mol. The van der Waals surface area contributed by atoms with Crippen LogP contribution in [-0.2, 0) is 0 Å². The molecule has 2 rings (SSSR count). The number of aromatic nitrogens is 1. The number of methoxy groups -OCH3 is 1. The van der Waals surface area contributed by atoms with E-state index in [1.54, 1.807) is 24.6 Å². The Labute approximate surface area is 73.8 Å². The zero-order valence-electron chi connectivity index (χ0n) is 6.57. The van der Waals surface area contributed by atoms with Gasteiger partial charge >= 0.3 is 0 Å². The molecule has 0 aromatic carbocycles. The van der Waals surface area contributed by atoms with Gasteiger partial charge in [0.1, 0.15) is 4.83 Å². The van der Waals surface area contributed by atoms with E-state index in [4.69, 9.17) is 10.5 Å². The number of rotatable bonds is 1. The minimum atomic E-state index is 0.586. The normalized spacial score (nSPS) is 10.4. The van der Waals surface area contributed by atoms with E-state index in [1.165, 1.54) is 0 Å². The number of hydrogen-bond acceptors (Lipinski definition) is 4. The Morgan fingerprint density at radius 2 is 2.42 bits per heavy atom. The van der Waals surface area contributed by atoms with E-state index < -0.39 is 0 Å². The van der Waals surface area contributed by atoms with Gasteiger partial charge in [0.05, 0.1) is 24.4 Å². The first-order chi connectivity index (χ1) is 5.83. The van der Waals surface area contributed by atoms with Crippen molar-refractivity contribution < 1.29 is 4.74 Å². The average Bonchev–Trinajstić information content (AvgIpc) is 2.52. The lowest BCUT2D eigenvalue weighted by molar-refractivity contribution is 0.421. The van der Waals surface area contributed by atoms with Crippen molar-refractivity contribution in [1.82, 2.24) is 4.98 Å². The van der Waals surface area contributed by atoms with E-state index in [1.807, 2.05) is 11.4 Å². The number of hydrogen-bond donors (Lipinski definition) is 1. The molecule has 0 aliphatic rings. The molecular formula is C8H8N2OS. The van der Waals surface area contributed by atoms with Gasteiger partial charge in [0, 0.05) is 0 Å². The number of thiophene rings is 1. The third-order valence-corrected chi connectivity index (χ3v) is 2.50. The van der Waals surface area contributed by atoms with Crippen LogP contribution in [0, 0.1) is 0 Å². The lowest BCUT2D eigenvalue weighted by Crippen LogP contribution is -1.93. The first-order valence-corrected chi connectivity index (χ1v) is 4.36. The molecule has 0 radical (unpaired) electrons. The van der Waals surface area contributed by atoms with Crippen LogP contribution < -0.4 is 10.5 Å². The quantitative estimate of drug-likeness (QED) is 0.729. The van der Waals surface area contributed by atoms with Crippen LogP contribution in [-0.4, -0.2) is 12.1 Å². The van der Waals surface area contributed by atoms with Gasteiger partial charge in [0.25, 0.3) is 0 Å². The van der Waals surface area contributed by atoms with Crippen molar-refractivity contribution in [3.63, 3.8) is 0 Å². The highest BCUT2D eigenvalue weighted by Crippen LogP contribution is 2.32. The molecular weight excluding hydrogens is 172 g/mol. The molecule has 0 bridgehead atoms. The van der Waals surface area contributed by atoms with Gasteiger partial charge in [-0.05, 0) is 11.4 Å². The minimum Gasteiger partial charge on any atom is -0.494 e. The monoisotopic (exact) mass is 180 g/mol. The first-order valence-electron chi connectivity index (χ1n) is 3.48. The van der Waals surface area contributed by atoms with Crippen LogP contribution >= 0.6 is 11.3 Å². The van der Waals surface area contributed by atoms with Crippen LogP contribution in [0.2, 0.25) is 0 Å². The second-order valence-corrected chi connectivity index (χ2v) is 3.28. The van der Waals surface area contributed by atoms with E-state index in [2.05, 4.69) is 4.98 Å². The van der Waals surface area contributed by atoms with Gasteiger partial charge in [-0.3, -0.25) is 0 Å². The molecule has 12 heavy (non-hydrogen) atoms. The minimum absolute atomic E-state index is 0.586. The SMILES string of the molecule is COc1c(N)cnc2sccc12. The summed E-state index contributed by atoms with van der Waals surface area (Å²) >= 11 is 1.58. The second-order valence-electron chi connectivity index (χ2n) is 2.39. The van der Waals surface area contributed by atoms with Gasteiger partial charge in [0.2, 0.25) is 0 Å². The lowest BCUT2D eigenvalue weighted by atomic mass is 10.3. The van der Waals surface area contributed by atoms with Crippen molar-refractivity contribution in [2.45, 2.75) is 0 Å². The van der Waals surface area contributed by atoms with Gasteiger partial charge in [-0.25, -0.2) is 4.98 Å². The Kier molecular flexibility index (Phi) is 1.62. The van der Waals surface area contributed by atoms with Gasteiger partial charge in [-0.2, -0.15) is 0 Å². The maximum Gasteiger partial charge on any atom is 0.153 e. The Morgan fingerprint density at radius 1 is 1.58 bits per heavy atom. The maximum absolute atomic E-state index is 5.67. The highest BCUT2D eigenvalue weighted by molar-refractivity contribution is 7.16. The summed E-state index contributed by atoms with van der Waals surface area (Å²) in [4.78, 5) is 5.12. The molecule has 0 saturated heterocycles. The number of nitrogen functional groups attached to an aromatic ring is 1. The fourth-order valence-corrected chi connectivity index (χ4v) is 1.88. The fourth-order valence-electron chi connectivity index (χ4n) is 1.14. The largest absolute Gasteiger partial charge is 0.494 e. The van der Waals surface area contributed by atoms with Gasteiger partial charge < -0.3 is 10.5 Å². The van der Waals surface area contributed by atoms with Crippen molar-refractivity contribution in [3.8, 4) is 5.75 Å². The van der Waals surface area contributed by atoms with Crippen molar-refractivity contribution >= 4 is 27.2 Å². The lowest BCUT2D eigenvalue weighted by Gasteiger charge is -2.03. The second kappa shape index (κ2) is 2.64. The maximum atomic E-state index is 5.67. The molecule has 0 aliphatic heterocycles. The van der Waals surface area contributed by atoms with E-state index in [0.717, 1.165) is 16.0 Å². The Hall–Kier alpha value is -1.29. The van der Waals surface area contributed by atoms with E-state index >= 15 is 0 Å². The molecule has 4 heteroatoms. The summed E-state index contributed by atoms with van der Waals surface area (Å²) in [7, 11) is 1.61. The number of nitrogens with two attached hydrogens (primary N) is 1. The molecule has 0 fully saturated rings.